The maximum absolute atomic E-state index is 11.7. The molecule has 0 saturated heterocycles. The van der Waals surface area contributed by atoms with Gasteiger partial charge in [0.2, 0.25) is 0 Å². The third-order valence-electron chi connectivity index (χ3n) is 2.62. The minimum atomic E-state index is -0.483. The highest BCUT2D eigenvalue weighted by atomic mass is 35.5. The van der Waals surface area contributed by atoms with Gasteiger partial charge in [0.15, 0.2) is 0 Å². The summed E-state index contributed by atoms with van der Waals surface area (Å²) in [7, 11) is 0. The lowest BCUT2D eigenvalue weighted by molar-refractivity contribution is 0.495. The number of aromatic nitrogens is 2. The fraction of sp³-hybridized carbons (Fsp3) is 0.0769. The summed E-state index contributed by atoms with van der Waals surface area (Å²) < 4.78 is 6.41. The van der Waals surface area contributed by atoms with Crippen molar-refractivity contribution in [2.24, 2.45) is 0 Å². The van der Waals surface area contributed by atoms with Crippen molar-refractivity contribution in [3.63, 3.8) is 0 Å². The average molecular weight is 293 g/mol. The van der Waals surface area contributed by atoms with Gasteiger partial charge in [0, 0.05) is 5.02 Å². The van der Waals surface area contributed by atoms with E-state index in [1.54, 1.807) is 6.07 Å². The Kier molecular flexibility index (Phi) is 3.23. The van der Waals surface area contributed by atoms with Gasteiger partial charge in [-0.15, -0.1) is 16.4 Å². The molecule has 96 valence electrons. The Labute approximate surface area is 117 Å². The van der Waals surface area contributed by atoms with Crippen molar-refractivity contribution in [2.75, 3.05) is 0 Å². The highest BCUT2D eigenvalue weighted by Gasteiger charge is 2.12. The van der Waals surface area contributed by atoms with Gasteiger partial charge in [-0.1, -0.05) is 35.9 Å². The summed E-state index contributed by atoms with van der Waals surface area (Å²) in [4.78, 5) is 12.6. The molecular formula is C13H9ClN2O2S. The van der Waals surface area contributed by atoms with Gasteiger partial charge in [0.25, 0.3) is 5.89 Å². The number of thiophene rings is 1. The molecule has 0 aliphatic rings. The summed E-state index contributed by atoms with van der Waals surface area (Å²) in [5, 5.41) is 6.69. The van der Waals surface area contributed by atoms with E-state index < -0.39 is 5.76 Å². The molecule has 0 fully saturated rings. The van der Waals surface area contributed by atoms with Crippen LogP contribution in [0.3, 0.4) is 0 Å². The van der Waals surface area contributed by atoms with Crippen LogP contribution in [-0.4, -0.2) is 9.78 Å². The second kappa shape index (κ2) is 5.03. The van der Waals surface area contributed by atoms with Crippen LogP contribution in [0.2, 0.25) is 5.02 Å². The highest BCUT2D eigenvalue weighted by Crippen LogP contribution is 2.21. The second-order valence-corrected chi connectivity index (χ2v) is 5.25. The normalized spacial score (nSPS) is 10.8. The maximum Gasteiger partial charge on any atom is 0.437 e. The molecule has 3 rings (SSSR count). The van der Waals surface area contributed by atoms with Gasteiger partial charge in [0.1, 0.15) is 0 Å². The molecule has 0 saturated carbocycles. The van der Waals surface area contributed by atoms with E-state index >= 15 is 0 Å². The van der Waals surface area contributed by atoms with E-state index in [4.69, 9.17) is 16.0 Å². The van der Waals surface area contributed by atoms with Crippen molar-refractivity contribution in [2.45, 2.75) is 6.54 Å². The van der Waals surface area contributed by atoms with Gasteiger partial charge in [-0.25, -0.2) is 4.79 Å². The number of halogens is 1. The van der Waals surface area contributed by atoms with Crippen LogP contribution in [0.25, 0.3) is 10.8 Å². The largest absolute Gasteiger partial charge is 0.437 e. The molecule has 4 nitrogen and oxygen atoms in total. The minimum Gasteiger partial charge on any atom is -0.387 e. The van der Waals surface area contributed by atoms with E-state index in [2.05, 4.69) is 5.10 Å². The quantitative estimate of drug-likeness (QED) is 0.744. The number of rotatable bonds is 3. The van der Waals surface area contributed by atoms with Crippen molar-refractivity contribution in [3.05, 3.63) is 62.9 Å². The van der Waals surface area contributed by atoms with Crippen molar-refractivity contribution in [1.29, 1.82) is 0 Å². The lowest BCUT2D eigenvalue weighted by Crippen LogP contribution is -2.16. The van der Waals surface area contributed by atoms with Crippen LogP contribution in [-0.2, 0) is 6.54 Å². The Morgan fingerprint density at radius 2 is 2.11 bits per heavy atom. The summed E-state index contributed by atoms with van der Waals surface area (Å²) in [6.07, 6.45) is 0. The molecule has 0 aliphatic heterocycles. The molecule has 0 amide bonds. The molecule has 19 heavy (non-hydrogen) atoms. The van der Waals surface area contributed by atoms with Crippen molar-refractivity contribution < 1.29 is 4.42 Å². The van der Waals surface area contributed by atoms with Gasteiger partial charge in [-0.2, -0.15) is 4.68 Å². The predicted octanol–water partition coefficient (Wildman–Crippen LogP) is 3.27. The number of hydrogen-bond acceptors (Lipinski definition) is 4. The Morgan fingerprint density at radius 1 is 1.26 bits per heavy atom. The smallest absolute Gasteiger partial charge is 0.387 e. The van der Waals surface area contributed by atoms with Crippen molar-refractivity contribution in [1.82, 2.24) is 9.78 Å². The van der Waals surface area contributed by atoms with Crippen LogP contribution in [0.15, 0.2) is 51.0 Å². The van der Waals surface area contributed by atoms with E-state index in [9.17, 15) is 4.79 Å². The van der Waals surface area contributed by atoms with Crippen LogP contribution in [0.5, 0.6) is 0 Å². The summed E-state index contributed by atoms with van der Waals surface area (Å²) >= 11 is 7.53. The zero-order valence-corrected chi connectivity index (χ0v) is 11.3. The van der Waals surface area contributed by atoms with E-state index in [1.165, 1.54) is 16.0 Å². The Morgan fingerprint density at radius 3 is 2.84 bits per heavy atom. The summed E-state index contributed by atoms with van der Waals surface area (Å²) in [5.41, 5.74) is 0.831. The Bertz CT molecular complexity index is 746. The fourth-order valence-electron chi connectivity index (χ4n) is 1.69. The summed E-state index contributed by atoms with van der Waals surface area (Å²) in [6.45, 7) is 0.299. The lowest BCUT2D eigenvalue weighted by atomic mass is 10.2. The molecule has 0 unspecified atom stereocenters. The first-order valence-corrected chi connectivity index (χ1v) is 6.85. The molecule has 3 aromatic rings. The van der Waals surface area contributed by atoms with Gasteiger partial charge in [-0.3, -0.25) is 0 Å². The Hall–Kier alpha value is -1.85. The molecule has 2 heterocycles. The zero-order valence-electron chi connectivity index (χ0n) is 9.75. The third-order valence-corrected chi connectivity index (χ3v) is 3.84. The summed E-state index contributed by atoms with van der Waals surface area (Å²) in [6, 6.07) is 11.1. The molecule has 0 spiro atoms. The van der Waals surface area contributed by atoms with E-state index in [0.29, 0.717) is 17.5 Å². The van der Waals surface area contributed by atoms with Crippen LogP contribution in [0.1, 0.15) is 5.56 Å². The van der Waals surface area contributed by atoms with E-state index in [1.807, 2.05) is 35.7 Å². The predicted molar refractivity (Wildman–Crippen MR) is 74.6 cm³/mol. The van der Waals surface area contributed by atoms with Gasteiger partial charge < -0.3 is 4.42 Å². The molecule has 1 aromatic carbocycles. The first-order chi connectivity index (χ1) is 9.24. The second-order valence-electron chi connectivity index (χ2n) is 3.90. The SMILES string of the molecule is O=c1oc(-c2cccs2)nn1Cc1ccccc1Cl. The van der Waals surface area contributed by atoms with Gasteiger partial charge in [-0.05, 0) is 23.1 Å². The van der Waals surface area contributed by atoms with Gasteiger partial charge >= 0.3 is 5.76 Å². The number of nitrogens with zero attached hydrogens (tertiary/aromatic N) is 2. The molecule has 0 N–H and O–H groups in total. The highest BCUT2D eigenvalue weighted by molar-refractivity contribution is 7.13. The van der Waals surface area contributed by atoms with Crippen LogP contribution in [0.4, 0.5) is 0 Å². The Balaban J connectivity index is 1.95. The van der Waals surface area contributed by atoms with Crippen molar-refractivity contribution in [3.8, 4) is 10.8 Å². The molecule has 2 aromatic heterocycles. The minimum absolute atomic E-state index is 0.299. The average Bonchev–Trinajstić information content (AvgIpc) is 3.02. The molecule has 6 heteroatoms. The van der Waals surface area contributed by atoms with E-state index in [0.717, 1.165) is 10.4 Å². The number of benzene rings is 1. The number of hydrogen-bond donors (Lipinski definition) is 0. The molecule has 0 aliphatic carbocycles. The lowest BCUT2D eigenvalue weighted by Gasteiger charge is -2.01. The van der Waals surface area contributed by atoms with Gasteiger partial charge in [0.05, 0.1) is 11.4 Å². The van der Waals surface area contributed by atoms with Crippen LogP contribution in [0, 0.1) is 0 Å². The molecular weight excluding hydrogens is 284 g/mol. The molecule has 0 atom stereocenters. The molecule has 0 bridgehead atoms. The fourth-order valence-corrected chi connectivity index (χ4v) is 2.53. The monoisotopic (exact) mass is 292 g/mol. The third kappa shape index (κ3) is 2.47. The van der Waals surface area contributed by atoms with E-state index in [-0.39, 0.29) is 0 Å². The first-order valence-electron chi connectivity index (χ1n) is 5.59. The van der Waals surface area contributed by atoms with Crippen molar-refractivity contribution >= 4 is 22.9 Å². The van der Waals surface area contributed by atoms with Crippen LogP contribution >= 0.6 is 22.9 Å². The topological polar surface area (TPSA) is 48.0 Å². The standard InChI is InChI=1S/C13H9ClN2O2S/c14-10-5-2-1-4-9(10)8-16-13(17)18-12(15-16)11-6-3-7-19-11/h1-7H,8H2. The van der Waals surface area contributed by atoms with Crippen LogP contribution < -0.4 is 5.76 Å². The maximum atomic E-state index is 11.7. The first kappa shape index (κ1) is 12.2. The summed E-state index contributed by atoms with van der Waals surface area (Å²) in [5.74, 6) is -0.143. The zero-order chi connectivity index (χ0) is 13.2. The molecule has 0 radical (unpaired) electrons.